The number of nitrogens with one attached hydrogen (secondary N) is 2. The largest absolute Gasteiger partial charge is 0.380 e. The number of carbonyl (C=O) groups excluding carboxylic acids is 2. The van der Waals surface area contributed by atoms with Gasteiger partial charge in [-0.25, -0.2) is 4.98 Å². The lowest BCUT2D eigenvalue weighted by molar-refractivity contribution is 0.0302. The maximum Gasteiger partial charge on any atom is 0.254 e. The van der Waals surface area contributed by atoms with Gasteiger partial charge in [-0.05, 0) is 53.1 Å². The maximum absolute atomic E-state index is 12.9. The number of aromatic nitrogens is 1. The van der Waals surface area contributed by atoms with Crippen molar-refractivity contribution in [2.75, 3.05) is 36.9 Å². The molecule has 0 saturated carbocycles. The van der Waals surface area contributed by atoms with Crippen molar-refractivity contribution in [2.45, 2.75) is 13.5 Å². The number of hydrogen-bond acceptors (Lipinski definition) is 7. The van der Waals surface area contributed by atoms with Crippen LogP contribution in [0.3, 0.4) is 0 Å². The van der Waals surface area contributed by atoms with Gasteiger partial charge in [-0.2, -0.15) is 0 Å². The van der Waals surface area contributed by atoms with Crippen LogP contribution >= 0.6 is 11.3 Å². The van der Waals surface area contributed by atoms with Gasteiger partial charge in [-0.15, -0.1) is 11.3 Å². The number of carbonyl (C=O) groups is 2. The van der Waals surface area contributed by atoms with Crippen molar-refractivity contribution in [3.8, 4) is 0 Å². The summed E-state index contributed by atoms with van der Waals surface area (Å²) in [6, 6.07) is 15.6. The number of anilines is 3. The predicted octanol–water partition coefficient (Wildman–Crippen LogP) is 4.53. The van der Waals surface area contributed by atoms with Crippen molar-refractivity contribution in [2.24, 2.45) is 5.73 Å². The number of rotatable bonds is 7. The molecule has 0 radical (unpaired) electrons. The average molecular weight is 502 g/mol. The highest BCUT2D eigenvalue weighted by Gasteiger charge is 2.20. The van der Waals surface area contributed by atoms with Crippen LogP contribution in [-0.4, -0.2) is 48.0 Å². The van der Waals surface area contributed by atoms with Gasteiger partial charge in [0, 0.05) is 47.8 Å². The molecule has 8 nitrogen and oxygen atoms in total. The molecule has 2 aromatic carbocycles. The zero-order valence-electron chi connectivity index (χ0n) is 19.9. The topological polar surface area (TPSA) is 110 Å². The number of primary amides is 1. The van der Waals surface area contributed by atoms with Crippen LogP contribution in [0.2, 0.25) is 0 Å². The molecule has 1 fully saturated rings. The Bertz CT molecular complexity index is 1430. The molecule has 4 aromatic rings. The van der Waals surface area contributed by atoms with E-state index in [0.29, 0.717) is 55.5 Å². The maximum atomic E-state index is 12.9. The molecule has 4 N–H and O–H groups in total. The van der Waals surface area contributed by atoms with Gasteiger partial charge in [-0.3, -0.25) is 9.59 Å². The number of benzene rings is 2. The van der Waals surface area contributed by atoms with E-state index in [1.807, 2.05) is 36.1 Å². The smallest absolute Gasteiger partial charge is 0.254 e. The Morgan fingerprint density at radius 3 is 2.72 bits per heavy atom. The number of nitrogens with zero attached hydrogens (tertiary/aromatic N) is 2. The normalized spacial score (nSPS) is 13.5. The van der Waals surface area contributed by atoms with Crippen molar-refractivity contribution in [1.82, 2.24) is 9.88 Å². The number of aryl methyl sites for hydroxylation is 1. The summed E-state index contributed by atoms with van der Waals surface area (Å²) in [4.78, 5) is 31.1. The molecule has 0 unspecified atom stereocenters. The van der Waals surface area contributed by atoms with Crippen molar-refractivity contribution in [3.05, 3.63) is 82.4 Å². The third-order valence-electron chi connectivity index (χ3n) is 6.23. The first kappa shape index (κ1) is 23.8. The van der Waals surface area contributed by atoms with Crippen LogP contribution in [-0.2, 0) is 11.3 Å². The van der Waals surface area contributed by atoms with E-state index in [2.05, 4.69) is 39.2 Å². The Kier molecular flexibility index (Phi) is 6.84. The number of nitrogens with two attached hydrogens (primary N) is 1. The molecule has 0 atom stereocenters. The Morgan fingerprint density at radius 1 is 1.11 bits per heavy atom. The SMILES string of the molecule is Cc1cc(Nc2cc(NCc3cccc4ccsc34)c(C(N)=O)cn2)ccc1C(=O)N1CCOCC1. The van der Waals surface area contributed by atoms with E-state index < -0.39 is 5.91 Å². The number of amides is 2. The van der Waals surface area contributed by atoms with Gasteiger partial charge in [0.15, 0.2) is 0 Å². The monoisotopic (exact) mass is 501 g/mol. The van der Waals surface area contributed by atoms with Crippen LogP contribution in [0.25, 0.3) is 10.1 Å². The number of ether oxygens (including phenoxy) is 1. The fraction of sp³-hybridized carbons (Fsp3) is 0.222. The average Bonchev–Trinajstić information content (AvgIpc) is 3.37. The van der Waals surface area contributed by atoms with Crippen LogP contribution in [0.4, 0.5) is 17.2 Å². The lowest BCUT2D eigenvalue weighted by Gasteiger charge is -2.27. The lowest BCUT2D eigenvalue weighted by Crippen LogP contribution is -2.40. The molecular formula is C27H27N5O3S. The van der Waals surface area contributed by atoms with Crippen LogP contribution in [0.1, 0.15) is 31.8 Å². The molecule has 36 heavy (non-hydrogen) atoms. The molecule has 0 spiro atoms. The molecule has 9 heteroatoms. The third-order valence-corrected chi connectivity index (χ3v) is 7.23. The highest BCUT2D eigenvalue weighted by Crippen LogP contribution is 2.27. The Morgan fingerprint density at radius 2 is 1.94 bits per heavy atom. The molecule has 0 aliphatic carbocycles. The number of fused-ring (bicyclic) bond motifs is 1. The highest BCUT2D eigenvalue weighted by molar-refractivity contribution is 7.17. The molecule has 3 heterocycles. The summed E-state index contributed by atoms with van der Waals surface area (Å²) >= 11 is 1.69. The predicted molar refractivity (Wildman–Crippen MR) is 143 cm³/mol. The first-order chi connectivity index (χ1) is 17.5. The van der Waals surface area contributed by atoms with Crippen LogP contribution in [0, 0.1) is 6.92 Å². The van der Waals surface area contributed by atoms with Gasteiger partial charge in [0.05, 0.1) is 24.5 Å². The van der Waals surface area contributed by atoms with E-state index in [4.69, 9.17) is 10.5 Å². The van der Waals surface area contributed by atoms with Crippen molar-refractivity contribution in [1.29, 1.82) is 0 Å². The van der Waals surface area contributed by atoms with Gasteiger partial charge >= 0.3 is 0 Å². The van der Waals surface area contributed by atoms with E-state index in [0.717, 1.165) is 16.8 Å². The molecule has 5 rings (SSSR count). The molecule has 2 aromatic heterocycles. The van der Waals surface area contributed by atoms with Gasteiger partial charge in [0.25, 0.3) is 11.8 Å². The molecule has 1 aliphatic heterocycles. The van der Waals surface area contributed by atoms with E-state index >= 15 is 0 Å². The molecular weight excluding hydrogens is 474 g/mol. The third kappa shape index (κ3) is 5.02. The molecule has 1 saturated heterocycles. The molecule has 0 bridgehead atoms. The highest BCUT2D eigenvalue weighted by atomic mass is 32.1. The quantitative estimate of drug-likeness (QED) is 0.343. The fourth-order valence-electron chi connectivity index (χ4n) is 4.32. The summed E-state index contributed by atoms with van der Waals surface area (Å²) in [6.45, 7) is 4.79. The summed E-state index contributed by atoms with van der Waals surface area (Å²) in [5.41, 5.74) is 10.00. The van der Waals surface area contributed by atoms with Gasteiger partial charge in [0.1, 0.15) is 5.82 Å². The van der Waals surface area contributed by atoms with Gasteiger partial charge in [0.2, 0.25) is 0 Å². The number of thiophene rings is 1. The fourth-order valence-corrected chi connectivity index (χ4v) is 5.23. The van der Waals surface area contributed by atoms with Crippen LogP contribution in [0.5, 0.6) is 0 Å². The Balaban J connectivity index is 1.34. The van der Waals surface area contributed by atoms with Crippen LogP contribution < -0.4 is 16.4 Å². The summed E-state index contributed by atoms with van der Waals surface area (Å²) in [5.74, 6) is 0.0229. The number of hydrogen-bond donors (Lipinski definition) is 3. The van der Waals surface area contributed by atoms with Crippen molar-refractivity contribution in [3.63, 3.8) is 0 Å². The lowest BCUT2D eigenvalue weighted by atomic mass is 10.1. The van der Waals surface area contributed by atoms with Crippen molar-refractivity contribution >= 4 is 50.4 Å². The van der Waals surface area contributed by atoms with E-state index in [1.165, 1.54) is 16.3 Å². The minimum atomic E-state index is -0.548. The molecule has 1 aliphatic rings. The minimum absolute atomic E-state index is 0.0125. The second-order valence-corrected chi connectivity index (χ2v) is 9.56. The number of morpholine rings is 1. The van der Waals surface area contributed by atoms with Gasteiger partial charge in [-0.1, -0.05) is 18.2 Å². The molecule has 184 valence electrons. The second kappa shape index (κ2) is 10.3. The zero-order chi connectivity index (χ0) is 25.1. The Labute approximate surface area is 213 Å². The summed E-state index contributed by atoms with van der Waals surface area (Å²) < 4.78 is 6.56. The van der Waals surface area contributed by atoms with E-state index in [1.54, 1.807) is 17.4 Å². The molecule has 2 amide bonds. The van der Waals surface area contributed by atoms with Crippen LogP contribution in [0.15, 0.2) is 60.1 Å². The van der Waals surface area contributed by atoms with E-state index in [9.17, 15) is 9.59 Å². The summed E-state index contributed by atoms with van der Waals surface area (Å²) in [7, 11) is 0. The van der Waals surface area contributed by atoms with Crippen molar-refractivity contribution < 1.29 is 14.3 Å². The van der Waals surface area contributed by atoms with E-state index in [-0.39, 0.29) is 5.91 Å². The second-order valence-electron chi connectivity index (χ2n) is 8.65. The van der Waals surface area contributed by atoms with Gasteiger partial charge < -0.3 is 26.0 Å². The number of pyridine rings is 1. The first-order valence-corrected chi connectivity index (χ1v) is 12.6. The summed E-state index contributed by atoms with van der Waals surface area (Å²) in [5, 5.41) is 9.89. The zero-order valence-corrected chi connectivity index (χ0v) is 20.7. The minimum Gasteiger partial charge on any atom is -0.380 e. The standard InChI is InChI=1S/C27H27N5O3S/c1-17-13-20(5-6-21(17)27(34)32-8-10-35-11-9-32)31-24-14-23(22(16-30-24)26(28)33)29-15-19-4-2-3-18-7-12-36-25(18)19/h2-7,12-14,16H,8-11,15H2,1H3,(H2,28,33)(H2,29,30,31). The Hall–Kier alpha value is -3.95. The first-order valence-electron chi connectivity index (χ1n) is 11.7. The summed E-state index contributed by atoms with van der Waals surface area (Å²) in [6.07, 6.45) is 1.47.